The van der Waals surface area contributed by atoms with E-state index in [1.807, 2.05) is 0 Å². The summed E-state index contributed by atoms with van der Waals surface area (Å²) in [4.78, 5) is 45.7. The minimum atomic E-state index is -0.605. The van der Waals surface area contributed by atoms with Gasteiger partial charge >= 0.3 is 0 Å². The van der Waals surface area contributed by atoms with Crippen LogP contribution in [0, 0.1) is 11.9 Å². The Balaban J connectivity index is 1.26. The molecule has 0 bridgehead atoms. The summed E-state index contributed by atoms with van der Waals surface area (Å²) in [6.07, 6.45) is 3.86. The first-order chi connectivity index (χ1) is 15.5. The smallest absolute Gasteiger partial charge is 0.275 e. The van der Waals surface area contributed by atoms with Gasteiger partial charge in [0.2, 0.25) is 17.7 Å². The number of hydrogen-bond donors (Lipinski definition) is 1. The van der Waals surface area contributed by atoms with Gasteiger partial charge in [-0.3, -0.25) is 14.4 Å². The molecule has 0 aliphatic carbocycles. The van der Waals surface area contributed by atoms with Crippen LogP contribution in [-0.4, -0.2) is 56.4 Å². The van der Waals surface area contributed by atoms with Crippen LogP contribution in [0.4, 0.5) is 4.39 Å². The summed E-state index contributed by atoms with van der Waals surface area (Å²) in [5, 5.41) is 4.08. The number of aromatic nitrogens is 4. The Bertz CT molecular complexity index is 1180. The number of aromatic amines is 1. The number of Topliss-reactive ketones (excluding diaryl/α,β-unsaturated/α-hetero) is 1. The maximum atomic E-state index is 13.7. The third kappa shape index (κ3) is 4.53. The Morgan fingerprint density at radius 3 is 2.69 bits per heavy atom. The number of H-pyrrole nitrogens is 1. The first-order valence-corrected chi connectivity index (χ1v) is 10.5. The summed E-state index contributed by atoms with van der Waals surface area (Å²) in [7, 11) is 1.52. The third-order valence-corrected chi connectivity index (χ3v) is 5.77. The Morgan fingerprint density at radius 1 is 1.22 bits per heavy atom. The number of aryl methyl sites for hydroxylation is 1. The second-order valence-corrected chi connectivity index (χ2v) is 7.82. The number of nitrogens with zero attached hydrogens (tertiary/aromatic N) is 4. The van der Waals surface area contributed by atoms with E-state index in [9.17, 15) is 18.8 Å². The zero-order chi connectivity index (χ0) is 22.7. The van der Waals surface area contributed by atoms with Crippen molar-refractivity contribution in [1.29, 1.82) is 0 Å². The highest BCUT2D eigenvalue weighted by atomic mass is 19.1. The maximum Gasteiger partial charge on any atom is 0.275 e. The minimum absolute atomic E-state index is 0.00224. The molecule has 0 unspecified atom stereocenters. The highest BCUT2D eigenvalue weighted by Gasteiger charge is 2.28. The molecular weight excluding hydrogens is 417 g/mol. The molecule has 4 rings (SSSR count). The number of piperidine rings is 1. The molecule has 0 aromatic carbocycles. The summed E-state index contributed by atoms with van der Waals surface area (Å²) in [6, 6.07) is 5.93. The van der Waals surface area contributed by atoms with Crippen LogP contribution in [0.2, 0.25) is 0 Å². The molecule has 3 aromatic rings. The molecule has 3 aromatic heterocycles. The van der Waals surface area contributed by atoms with E-state index < -0.39 is 11.5 Å². The molecule has 1 saturated heterocycles. The predicted molar refractivity (Wildman–Crippen MR) is 113 cm³/mol. The molecule has 0 atom stereocenters. The number of likely N-dealkylation sites (tertiary alicyclic amines) is 1. The van der Waals surface area contributed by atoms with Crippen molar-refractivity contribution < 1.29 is 18.7 Å². The number of rotatable bonds is 7. The molecule has 10 heteroatoms. The van der Waals surface area contributed by atoms with Crippen molar-refractivity contribution in [2.45, 2.75) is 32.1 Å². The first-order valence-electron chi connectivity index (χ1n) is 10.5. The van der Waals surface area contributed by atoms with E-state index in [1.165, 1.54) is 25.4 Å². The van der Waals surface area contributed by atoms with Crippen molar-refractivity contribution in [3.63, 3.8) is 0 Å². The normalized spacial score (nSPS) is 14.6. The number of fused-ring (bicyclic) bond motifs is 1. The van der Waals surface area contributed by atoms with Crippen LogP contribution in [0.25, 0.3) is 5.52 Å². The number of pyridine rings is 1. The van der Waals surface area contributed by atoms with Gasteiger partial charge in [0.15, 0.2) is 5.78 Å². The van der Waals surface area contributed by atoms with E-state index in [0.717, 1.165) is 4.52 Å². The number of ether oxygens (including phenoxy) is 1. The number of carbonyl (C=O) groups is 2. The van der Waals surface area contributed by atoms with Gasteiger partial charge < -0.3 is 14.6 Å². The highest BCUT2D eigenvalue weighted by molar-refractivity contribution is 5.97. The topological polar surface area (TPSA) is 110 Å². The van der Waals surface area contributed by atoms with Gasteiger partial charge in [0.25, 0.3) is 5.56 Å². The number of nitrogens with one attached hydrogen (secondary N) is 1. The molecule has 0 spiro atoms. The summed E-state index contributed by atoms with van der Waals surface area (Å²) in [5.41, 5.74) is 0.280. The van der Waals surface area contributed by atoms with Gasteiger partial charge in [0.05, 0.1) is 7.11 Å². The lowest BCUT2D eigenvalue weighted by molar-refractivity contribution is -0.132. The van der Waals surface area contributed by atoms with Crippen LogP contribution in [0.1, 0.15) is 41.9 Å². The number of ketones is 1. The SMILES string of the molecule is COc1ccc(C(=O)C2CCN(C(=O)CCCc3nn4c(F)ccc4c(=O)[nH]3)CC2)cn1. The van der Waals surface area contributed by atoms with Crippen molar-refractivity contribution in [3.8, 4) is 5.88 Å². The second kappa shape index (κ2) is 9.29. The number of halogens is 1. The molecule has 4 heterocycles. The summed E-state index contributed by atoms with van der Waals surface area (Å²) >= 11 is 0. The Kier molecular flexibility index (Phi) is 6.29. The molecule has 0 radical (unpaired) electrons. The number of hydrogen-bond acceptors (Lipinski definition) is 6. The largest absolute Gasteiger partial charge is 0.481 e. The lowest BCUT2D eigenvalue weighted by atomic mass is 9.89. The van der Waals surface area contributed by atoms with Gasteiger partial charge in [-0.1, -0.05) is 0 Å². The van der Waals surface area contributed by atoms with E-state index >= 15 is 0 Å². The van der Waals surface area contributed by atoms with Gasteiger partial charge in [0.1, 0.15) is 11.3 Å². The van der Waals surface area contributed by atoms with Crippen LogP contribution in [0.5, 0.6) is 5.88 Å². The first kappa shape index (κ1) is 21.7. The number of carbonyl (C=O) groups excluding carboxylic acids is 2. The quantitative estimate of drug-likeness (QED) is 0.562. The molecule has 1 aliphatic heterocycles. The van der Waals surface area contributed by atoms with Crippen molar-refractivity contribution in [2.24, 2.45) is 5.92 Å². The summed E-state index contributed by atoms with van der Waals surface area (Å²) in [5.74, 6) is 0.0907. The highest BCUT2D eigenvalue weighted by Crippen LogP contribution is 2.23. The summed E-state index contributed by atoms with van der Waals surface area (Å²) in [6.45, 7) is 1.04. The van der Waals surface area contributed by atoms with E-state index in [1.54, 1.807) is 17.0 Å². The van der Waals surface area contributed by atoms with Crippen LogP contribution in [-0.2, 0) is 11.2 Å². The fourth-order valence-corrected chi connectivity index (χ4v) is 3.97. The minimum Gasteiger partial charge on any atom is -0.481 e. The van der Waals surface area contributed by atoms with Gasteiger partial charge in [-0.25, -0.2) is 4.98 Å². The molecule has 1 aliphatic rings. The second-order valence-electron chi connectivity index (χ2n) is 7.82. The number of methoxy groups -OCH3 is 1. The Morgan fingerprint density at radius 2 is 2.00 bits per heavy atom. The van der Waals surface area contributed by atoms with E-state index in [4.69, 9.17) is 4.74 Å². The van der Waals surface area contributed by atoms with Crippen molar-refractivity contribution >= 4 is 17.2 Å². The van der Waals surface area contributed by atoms with Crippen LogP contribution >= 0.6 is 0 Å². The number of amides is 1. The molecule has 1 fully saturated rings. The van der Waals surface area contributed by atoms with Gasteiger partial charge in [-0.2, -0.15) is 14.0 Å². The molecule has 1 amide bonds. The molecular formula is C22H24FN5O4. The Hall–Kier alpha value is -3.56. The monoisotopic (exact) mass is 441 g/mol. The van der Waals surface area contributed by atoms with Crippen LogP contribution in [0.15, 0.2) is 35.3 Å². The lowest BCUT2D eigenvalue weighted by Gasteiger charge is -2.31. The fourth-order valence-electron chi connectivity index (χ4n) is 3.97. The lowest BCUT2D eigenvalue weighted by Crippen LogP contribution is -2.40. The molecule has 0 saturated carbocycles. The van der Waals surface area contributed by atoms with Crippen molar-refractivity contribution in [2.75, 3.05) is 20.2 Å². The van der Waals surface area contributed by atoms with E-state index in [-0.39, 0.29) is 29.5 Å². The van der Waals surface area contributed by atoms with E-state index in [2.05, 4.69) is 15.1 Å². The molecule has 9 nitrogen and oxygen atoms in total. The van der Waals surface area contributed by atoms with Gasteiger partial charge in [-0.15, -0.1) is 0 Å². The van der Waals surface area contributed by atoms with Gasteiger partial charge in [-0.05, 0) is 37.5 Å². The van der Waals surface area contributed by atoms with Gasteiger partial charge in [0, 0.05) is 49.7 Å². The fraction of sp³-hybridized carbons (Fsp3) is 0.409. The van der Waals surface area contributed by atoms with E-state index in [0.29, 0.717) is 56.0 Å². The average Bonchev–Trinajstić information content (AvgIpc) is 3.20. The maximum absolute atomic E-state index is 13.7. The van der Waals surface area contributed by atoms with Crippen molar-refractivity contribution in [1.82, 2.24) is 24.5 Å². The zero-order valence-electron chi connectivity index (χ0n) is 17.7. The molecule has 1 N–H and O–H groups in total. The molecule has 168 valence electrons. The zero-order valence-corrected chi connectivity index (χ0v) is 17.7. The third-order valence-electron chi connectivity index (χ3n) is 5.77. The standard InChI is InChI=1S/C22H24FN5O4/c1-32-19-8-5-15(13-24-19)21(30)14-9-11-27(12-10-14)20(29)4-2-3-18-25-22(31)16-6-7-17(23)28(16)26-18/h5-8,13-14H,2-4,9-12H2,1H3,(H,25,26,31). The van der Waals surface area contributed by atoms with Crippen LogP contribution < -0.4 is 10.3 Å². The average molecular weight is 441 g/mol. The summed E-state index contributed by atoms with van der Waals surface area (Å²) < 4.78 is 19.7. The molecule has 32 heavy (non-hydrogen) atoms. The van der Waals surface area contributed by atoms with Crippen molar-refractivity contribution in [3.05, 3.63) is 58.2 Å². The predicted octanol–water partition coefficient (Wildman–Crippen LogP) is 2.01. The Labute approximate surface area is 183 Å². The van der Waals surface area contributed by atoms with Crippen LogP contribution in [0.3, 0.4) is 0 Å².